The van der Waals surface area contributed by atoms with Crippen molar-refractivity contribution in [3.8, 4) is 0 Å². The lowest BCUT2D eigenvalue weighted by Crippen LogP contribution is -2.47. The SMILES string of the molecule is CC(=O)c1cccc(NC(=O)NC[C@@H]2C[C@@H](Cc3ccccc3)CCN2)c1. The summed E-state index contributed by atoms with van der Waals surface area (Å²) in [7, 11) is 0. The summed E-state index contributed by atoms with van der Waals surface area (Å²) >= 11 is 0. The molecule has 3 N–H and O–H groups in total. The summed E-state index contributed by atoms with van der Waals surface area (Å²) in [6, 6.07) is 17.6. The van der Waals surface area contributed by atoms with Crippen LogP contribution in [0.3, 0.4) is 0 Å². The van der Waals surface area contributed by atoms with Gasteiger partial charge < -0.3 is 16.0 Å². The predicted molar refractivity (Wildman–Crippen MR) is 108 cm³/mol. The number of carbonyl (C=O) groups is 2. The normalized spacial score (nSPS) is 19.3. The molecule has 0 saturated carbocycles. The second-order valence-corrected chi connectivity index (χ2v) is 7.20. The lowest BCUT2D eigenvalue weighted by molar-refractivity contribution is 0.101. The molecule has 142 valence electrons. The lowest BCUT2D eigenvalue weighted by Gasteiger charge is -2.30. The monoisotopic (exact) mass is 365 g/mol. The second kappa shape index (κ2) is 9.33. The summed E-state index contributed by atoms with van der Waals surface area (Å²) < 4.78 is 0. The van der Waals surface area contributed by atoms with Crippen molar-refractivity contribution in [2.45, 2.75) is 32.2 Å². The van der Waals surface area contributed by atoms with E-state index in [1.165, 1.54) is 12.5 Å². The van der Waals surface area contributed by atoms with Gasteiger partial charge in [0.15, 0.2) is 5.78 Å². The molecule has 1 aliphatic rings. The molecule has 1 fully saturated rings. The molecular formula is C22H27N3O2. The van der Waals surface area contributed by atoms with Crippen LogP contribution in [0.2, 0.25) is 0 Å². The third-order valence-electron chi connectivity index (χ3n) is 5.01. The molecule has 2 aromatic carbocycles. The first kappa shape index (κ1) is 19.1. The van der Waals surface area contributed by atoms with Gasteiger partial charge in [0, 0.05) is 23.8 Å². The zero-order valence-corrected chi connectivity index (χ0v) is 15.7. The number of hydrogen-bond donors (Lipinski definition) is 3. The number of carbonyl (C=O) groups excluding carboxylic acids is 2. The molecule has 1 aliphatic heterocycles. The van der Waals surface area contributed by atoms with Gasteiger partial charge in [0.2, 0.25) is 0 Å². The molecule has 2 amide bonds. The third kappa shape index (κ3) is 5.93. The Hall–Kier alpha value is -2.66. The van der Waals surface area contributed by atoms with Crippen molar-refractivity contribution in [1.82, 2.24) is 10.6 Å². The highest BCUT2D eigenvalue weighted by molar-refractivity contribution is 5.96. The number of amides is 2. The van der Waals surface area contributed by atoms with E-state index in [0.29, 0.717) is 23.7 Å². The van der Waals surface area contributed by atoms with Gasteiger partial charge in [-0.15, -0.1) is 0 Å². The van der Waals surface area contributed by atoms with Crippen molar-refractivity contribution in [1.29, 1.82) is 0 Å². The van der Waals surface area contributed by atoms with Crippen LogP contribution in [0.25, 0.3) is 0 Å². The van der Waals surface area contributed by atoms with Crippen LogP contribution in [-0.2, 0) is 6.42 Å². The van der Waals surface area contributed by atoms with Gasteiger partial charge >= 0.3 is 6.03 Å². The molecular weight excluding hydrogens is 338 g/mol. The topological polar surface area (TPSA) is 70.2 Å². The standard InChI is InChI=1S/C22H27N3O2/c1-16(26)19-8-5-9-20(14-19)25-22(27)24-15-21-13-18(10-11-23-21)12-17-6-3-2-4-7-17/h2-9,14,18,21,23H,10-13,15H2,1H3,(H2,24,25,27)/t18-,21+/m1/s1. The zero-order valence-electron chi connectivity index (χ0n) is 15.7. The molecule has 2 atom stereocenters. The molecule has 0 aromatic heterocycles. The number of ketones is 1. The Balaban J connectivity index is 1.45. The van der Waals surface area contributed by atoms with Crippen LogP contribution >= 0.6 is 0 Å². The highest BCUT2D eigenvalue weighted by Crippen LogP contribution is 2.21. The maximum atomic E-state index is 12.2. The molecule has 1 saturated heterocycles. The summed E-state index contributed by atoms with van der Waals surface area (Å²) in [4.78, 5) is 23.6. The molecule has 0 unspecified atom stereocenters. The molecule has 3 rings (SSSR count). The van der Waals surface area contributed by atoms with Crippen molar-refractivity contribution in [2.75, 3.05) is 18.4 Å². The second-order valence-electron chi connectivity index (χ2n) is 7.20. The first-order chi connectivity index (χ1) is 13.1. The van der Waals surface area contributed by atoms with Gasteiger partial charge in [-0.2, -0.15) is 0 Å². The van der Waals surface area contributed by atoms with Crippen molar-refractivity contribution in [3.63, 3.8) is 0 Å². The van der Waals surface area contributed by atoms with Crippen LogP contribution in [0.1, 0.15) is 35.7 Å². The van der Waals surface area contributed by atoms with Crippen LogP contribution < -0.4 is 16.0 Å². The summed E-state index contributed by atoms with van der Waals surface area (Å²) in [6.45, 7) is 3.08. The first-order valence-electron chi connectivity index (χ1n) is 9.53. The average molecular weight is 365 g/mol. The van der Waals surface area contributed by atoms with E-state index in [4.69, 9.17) is 0 Å². The van der Waals surface area contributed by atoms with Crippen molar-refractivity contribution >= 4 is 17.5 Å². The summed E-state index contributed by atoms with van der Waals surface area (Å²) in [5, 5.41) is 9.23. The van der Waals surface area contributed by atoms with Crippen LogP contribution in [0.15, 0.2) is 54.6 Å². The largest absolute Gasteiger partial charge is 0.336 e. The third-order valence-corrected chi connectivity index (χ3v) is 5.01. The average Bonchev–Trinajstić information content (AvgIpc) is 2.68. The zero-order chi connectivity index (χ0) is 19.1. The number of benzene rings is 2. The van der Waals surface area contributed by atoms with E-state index in [9.17, 15) is 9.59 Å². The van der Waals surface area contributed by atoms with E-state index in [1.54, 1.807) is 24.3 Å². The Morgan fingerprint density at radius 3 is 2.70 bits per heavy atom. The molecule has 1 heterocycles. The number of anilines is 1. The summed E-state index contributed by atoms with van der Waals surface area (Å²) in [6.07, 6.45) is 3.30. The minimum Gasteiger partial charge on any atom is -0.336 e. The Bertz CT molecular complexity index is 776. The number of urea groups is 1. The van der Waals surface area contributed by atoms with E-state index in [0.717, 1.165) is 25.8 Å². The van der Waals surface area contributed by atoms with Crippen molar-refractivity contribution in [2.24, 2.45) is 5.92 Å². The minimum absolute atomic E-state index is 0.0186. The van der Waals surface area contributed by atoms with Gasteiger partial charge in [-0.1, -0.05) is 42.5 Å². The van der Waals surface area contributed by atoms with Gasteiger partial charge in [0.05, 0.1) is 0 Å². The van der Waals surface area contributed by atoms with Gasteiger partial charge in [0.25, 0.3) is 0 Å². The minimum atomic E-state index is -0.248. The lowest BCUT2D eigenvalue weighted by atomic mass is 9.87. The van der Waals surface area contributed by atoms with E-state index in [1.807, 2.05) is 6.07 Å². The number of nitrogens with one attached hydrogen (secondary N) is 3. The van der Waals surface area contributed by atoms with Crippen LogP contribution in [-0.4, -0.2) is 30.9 Å². The van der Waals surface area contributed by atoms with Crippen LogP contribution in [0.4, 0.5) is 10.5 Å². The van der Waals surface area contributed by atoms with Gasteiger partial charge in [0.1, 0.15) is 0 Å². The Labute approximate surface area is 160 Å². The smallest absolute Gasteiger partial charge is 0.319 e. The Morgan fingerprint density at radius 2 is 1.93 bits per heavy atom. The molecule has 0 radical (unpaired) electrons. The highest BCUT2D eigenvalue weighted by atomic mass is 16.2. The van der Waals surface area contributed by atoms with Crippen LogP contribution in [0, 0.1) is 5.92 Å². The highest BCUT2D eigenvalue weighted by Gasteiger charge is 2.22. The predicted octanol–water partition coefficient (Wildman–Crippen LogP) is 3.62. The van der Waals surface area contributed by atoms with E-state index >= 15 is 0 Å². The fraction of sp³-hybridized carbons (Fsp3) is 0.364. The van der Waals surface area contributed by atoms with Gasteiger partial charge in [-0.25, -0.2) is 4.79 Å². The summed E-state index contributed by atoms with van der Waals surface area (Å²) in [5.74, 6) is 0.616. The molecule has 27 heavy (non-hydrogen) atoms. The maximum absolute atomic E-state index is 12.2. The molecule has 5 nitrogen and oxygen atoms in total. The van der Waals surface area contributed by atoms with Crippen molar-refractivity contribution in [3.05, 3.63) is 65.7 Å². The number of Topliss-reactive ketones (excluding diaryl/α,β-unsaturated/α-hetero) is 1. The van der Waals surface area contributed by atoms with E-state index in [-0.39, 0.29) is 17.9 Å². The fourth-order valence-electron chi connectivity index (χ4n) is 3.59. The molecule has 0 spiro atoms. The number of piperidine rings is 1. The quantitative estimate of drug-likeness (QED) is 0.685. The number of hydrogen-bond acceptors (Lipinski definition) is 3. The van der Waals surface area contributed by atoms with Crippen molar-refractivity contribution < 1.29 is 9.59 Å². The molecule has 0 bridgehead atoms. The Kier molecular flexibility index (Phi) is 6.60. The number of rotatable bonds is 6. The molecule has 5 heteroatoms. The summed E-state index contributed by atoms with van der Waals surface area (Å²) in [5.41, 5.74) is 2.59. The Morgan fingerprint density at radius 1 is 1.11 bits per heavy atom. The van der Waals surface area contributed by atoms with Gasteiger partial charge in [-0.3, -0.25) is 4.79 Å². The first-order valence-corrected chi connectivity index (χ1v) is 9.53. The maximum Gasteiger partial charge on any atom is 0.319 e. The van der Waals surface area contributed by atoms with E-state index < -0.39 is 0 Å². The van der Waals surface area contributed by atoms with Crippen LogP contribution in [0.5, 0.6) is 0 Å². The molecule has 2 aromatic rings. The van der Waals surface area contributed by atoms with Gasteiger partial charge in [-0.05, 0) is 56.3 Å². The van der Waals surface area contributed by atoms with E-state index in [2.05, 4.69) is 40.2 Å². The molecule has 0 aliphatic carbocycles. The fourth-order valence-corrected chi connectivity index (χ4v) is 3.59.